The third kappa shape index (κ3) is 5.15. The zero-order chi connectivity index (χ0) is 15.3. The second-order valence-corrected chi connectivity index (χ2v) is 7.07. The van der Waals surface area contributed by atoms with Crippen molar-refractivity contribution in [3.63, 3.8) is 0 Å². The molecular formula is C15H21NO4S. The highest BCUT2D eigenvalue weighted by Crippen LogP contribution is 2.14. The van der Waals surface area contributed by atoms with Gasteiger partial charge in [-0.05, 0) is 24.1 Å². The van der Waals surface area contributed by atoms with Crippen LogP contribution in [0.25, 0.3) is 0 Å². The fourth-order valence-electron chi connectivity index (χ4n) is 2.10. The molecule has 0 bridgehead atoms. The van der Waals surface area contributed by atoms with E-state index in [1.807, 2.05) is 24.3 Å². The lowest BCUT2D eigenvalue weighted by Gasteiger charge is -2.16. The summed E-state index contributed by atoms with van der Waals surface area (Å²) in [6, 6.07) is 7.52. The quantitative estimate of drug-likeness (QED) is 0.782. The Bertz CT molecular complexity index is 597. The Morgan fingerprint density at radius 3 is 2.95 bits per heavy atom. The first-order valence-electron chi connectivity index (χ1n) is 7.02. The van der Waals surface area contributed by atoms with Gasteiger partial charge in [-0.15, -0.1) is 0 Å². The van der Waals surface area contributed by atoms with E-state index in [0.717, 1.165) is 12.2 Å². The van der Waals surface area contributed by atoms with Crippen LogP contribution in [0.15, 0.2) is 35.7 Å². The molecule has 1 aromatic carbocycles. The average molecular weight is 311 g/mol. The topological polar surface area (TPSA) is 75.6 Å². The van der Waals surface area contributed by atoms with Crippen molar-refractivity contribution in [2.75, 3.05) is 18.9 Å². The number of aryl methyl sites for hydroxylation is 1. The van der Waals surface area contributed by atoms with Crippen LogP contribution in [0.5, 0.6) is 5.75 Å². The Morgan fingerprint density at radius 2 is 2.29 bits per heavy atom. The highest BCUT2D eigenvalue weighted by atomic mass is 32.2. The van der Waals surface area contributed by atoms with Gasteiger partial charge in [-0.1, -0.05) is 25.1 Å². The molecule has 1 heterocycles. The van der Waals surface area contributed by atoms with Gasteiger partial charge < -0.3 is 15.2 Å². The van der Waals surface area contributed by atoms with Gasteiger partial charge in [0, 0.05) is 18.0 Å². The largest absolute Gasteiger partial charge is 0.491 e. The van der Waals surface area contributed by atoms with E-state index < -0.39 is 15.9 Å². The van der Waals surface area contributed by atoms with E-state index in [1.54, 1.807) is 6.08 Å². The molecule has 0 aliphatic carbocycles. The summed E-state index contributed by atoms with van der Waals surface area (Å²) in [4.78, 5) is 0. The second-order valence-electron chi connectivity index (χ2n) is 5.14. The Morgan fingerprint density at radius 1 is 1.48 bits per heavy atom. The van der Waals surface area contributed by atoms with E-state index in [-0.39, 0.29) is 24.9 Å². The standard InChI is InChI=1S/C15H21NO4S/c1-2-12-4-3-5-15(8-12)20-10-14(17)9-16-13-6-7-21(18,19)11-13/h3-8,13-14,16-17H,2,9-11H2,1H3. The molecule has 6 heteroatoms. The van der Waals surface area contributed by atoms with Crippen molar-refractivity contribution in [3.05, 3.63) is 41.3 Å². The van der Waals surface area contributed by atoms with Crippen LogP contribution in [0.1, 0.15) is 12.5 Å². The lowest BCUT2D eigenvalue weighted by Crippen LogP contribution is -2.38. The molecule has 2 N–H and O–H groups in total. The molecule has 0 amide bonds. The number of hydrogen-bond donors (Lipinski definition) is 2. The predicted octanol–water partition coefficient (Wildman–Crippen LogP) is 0.889. The molecule has 2 atom stereocenters. The van der Waals surface area contributed by atoms with Gasteiger partial charge in [-0.3, -0.25) is 0 Å². The summed E-state index contributed by atoms with van der Waals surface area (Å²) in [7, 11) is -3.06. The molecule has 116 valence electrons. The van der Waals surface area contributed by atoms with Crippen LogP contribution in [0, 0.1) is 0 Å². The molecule has 0 radical (unpaired) electrons. The van der Waals surface area contributed by atoms with E-state index in [4.69, 9.17) is 4.74 Å². The minimum atomic E-state index is -3.06. The SMILES string of the molecule is CCc1cccc(OCC(O)CNC2C=CS(=O)(=O)C2)c1. The highest BCUT2D eigenvalue weighted by molar-refractivity contribution is 7.94. The van der Waals surface area contributed by atoms with Crippen molar-refractivity contribution in [3.8, 4) is 5.75 Å². The third-order valence-corrected chi connectivity index (χ3v) is 4.69. The smallest absolute Gasteiger partial charge is 0.173 e. The summed E-state index contributed by atoms with van der Waals surface area (Å²) in [5.41, 5.74) is 1.18. The monoisotopic (exact) mass is 311 g/mol. The van der Waals surface area contributed by atoms with Crippen molar-refractivity contribution in [1.29, 1.82) is 0 Å². The number of aliphatic hydroxyl groups excluding tert-OH is 1. The molecule has 0 fully saturated rings. The van der Waals surface area contributed by atoms with Gasteiger partial charge in [0.15, 0.2) is 9.84 Å². The van der Waals surface area contributed by atoms with Crippen LogP contribution in [-0.4, -0.2) is 44.6 Å². The number of rotatable bonds is 7. The maximum absolute atomic E-state index is 11.2. The minimum Gasteiger partial charge on any atom is -0.491 e. The molecular weight excluding hydrogens is 290 g/mol. The number of aliphatic hydroxyl groups is 1. The molecule has 2 unspecified atom stereocenters. The number of nitrogens with one attached hydrogen (secondary N) is 1. The Kier molecular flexibility index (Phi) is 5.39. The number of sulfone groups is 1. The van der Waals surface area contributed by atoms with Gasteiger partial charge in [-0.25, -0.2) is 8.42 Å². The second kappa shape index (κ2) is 7.06. The van der Waals surface area contributed by atoms with Crippen LogP contribution < -0.4 is 10.1 Å². The fourth-order valence-corrected chi connectivity index (χ4v) is 3.37. The van der Waals surface area contributed by atoms with Gasteiger partial charge in [0.2, 0.25) is 0 Å². The van der Waals surface area contributed by atoms with Crippen molar-refractivity contribution < 1.29 is 18.3 Å². The maximum atomic E-state index is 11.2. The zero-order valence-electron chi connectivity index (χ0n) is 12.0. The summed E-state index contributed by atoms with van der Waals surface area (Å²) in [5.74, 6) is 0.788. The molecule has 0 saturated carbocycles. The van der Waals surface area contributed by atoms with E-state index >= 15 is 0 Å². The summed E-state index contributed by atoms with van der Waals surface area (Å²) < 4.78 is 28.0. The minimum absolute atomic E-state index is 0.0547. The molecule has 5 nitrogen and oxygen atoms in total. The van der Waals surface area contributed by atoms with Crippen LogP contribution in [0.4, 0.5) is 0 Å². The molecule has 1 aliphatic rings. The van der Waals surface area contributed by atoms with Crippen LogP contribution in [0.3, 0.4) is 0 Å². The maximum Gasteiger partial charge on any atom is 0.173 e. The van der Waals surface area contributed by atoms with E-state index in [0.29, 0.717) is 0 Å². The van der Waals surface area contributed by atoms with Gasteiger partial charge in [0.25, 0.3) is 0 Å². The van der Waals surface area contributed by atoms with Gasteiger partial charge in [-0.2, -0.15) is 0 Å². The highest BCUT2D eigenvalue weighted by Gasteiger charge is 2.21. The fraction of sp³-hybridized carbons (Fsp3) is 0.467. The van der Waals surface area contributed by atoms with E-state index in [1.165, 1.54) is 11.0 Å². The normalized spacial score (nSPS) is 21.3. The first kappa shape index (κ1) is 16.0. The molecule has 2 rings (SSSR count). The van der Waals surface area contributed by atoms with E-state index in [9.17, 15) is 13.5 Å². The average Bonchev–Trinajstić information content (AvgIpc) is 2.82. The molecule has 1 aromatic rings. The van der Waals surface area contributed by atoms with Crippen LogP contribution in [0.2, 0.25) is 0 Å². The third-order valence-electron chi connectivity index (χ3n) is 3.29. The Labute approximate surface area is 125 Å². The lowest BCUT2D eigenvalue weighted by molar-refractivity contribution is 0.105. The zero-order valence-corrected chi connectivity index (χ0v) is 12.8. The van der Waals surface area contributed by atoms with Gasteiger partial charge in [0.05, 0.1) is 5.75 Å². The number of ether oxygens (including phenoxy) is 1. The van der Waals surface area contributed by atoms with Crippen molar-refractivity contribution >= 4 is 9.84 Å². The summed E-state index contributed by atoms with van der Waals surface area (Å²) in [6.07, 6.45) is 1.85. The molecule has 0 aromatic heterocycles. The van der Waals surface area contributed by atoms with Crippen molar-refractivity contribution in [2.24, 2.45) is 0 Å². The van der Waals surface area contributed by atoms with Crippen molar-refractivity contribution in [1.82, 2.24) is 5.32 Å². The Hall–Kier alpha value is -1.37. The molecule has 0 saturated heterocycles. The van der Waals surface area contributed by atoms with Crippen LogP contribution >= 0.6 is 0 Å². The molecule has 1 aliphatic heterocycles. The first-order valence-corrected chi connectivity index (χ1v) is 8.74. The molecule has 21 heavy (non-hydrogen) atoms. The molecule has 0 spiro atoms. The summed E-state index contributed by atoms with van der Waals surface area (Å²) >= 11 is 0. The van der Waals surface area contributed by atoms with Crippen molar-refractivity contribution in [2.45, 2.75) is 25.5 Å². The number of hydrogen-bond acceptors (Lipinski definition) is 5. The predicted molar refractivity (Wildman–Crippen MR) is 82.0 cm³/mol. The van der Waals surface area contributed by atoms with Gasteiger partial charge >= 0.3 is 0 Å². The van der Waals surface area contributed by atoms with Gasteiger partial charge in [0.1, 0.15) is 18.5 Å². The van der Waals surface area contributed by atoms with E-state index in [2.05, 4.69) is 12.2 Å². The first-order chi connectivity index (χ1) is 9.98. The number of benzene rings is 1. The lowest BCUT2D eigenvalue weighted by atomic mass is 10.2. The Balaban J connectivity index is 1.72. The van der Waals surface area contributed by atoms with Crippen LogP contribution in [-0.2, 0) is 16.3 Å². The summed E-state index contributed by atoms with van der Waals surface area (Å²) in [6.45, 7) is 2.53. The summed E-state index contributed by atoms with van der Waals surface area (Å²) in [5, 5.41) is 14.1.